The van der Waals surface area contributed by atoms with E-state index in [0.717, 1.165) is 36.6 Å². The van der Waals surface area contributed by atoms with E-state index in [2.05, 4.69) is 43.4 Å². The van der Waals surface area contributed by atoms with Crippen molar-refractivity contribution < 1.29 is 0 Å². The summed E-state index contributed by atoms with van der Waals surface area (Å²) in [6, 6.07) is 0. The molecule has 0 radical (unpaired) electrons. The van der Waals surface area contributed by atoms with Crippen molar-refractivity contribution in [1.29, 1.82) is 0 Å². The first-order valence-corrected chi connectivity index (χ1v) is 9.56. The Morgan fingerprint density at radius 3 is 2.28 bits per heavy atom. The Labute approximate surface area is 170 Å². The standard InChI is InChI=1S/C19H35N5.HI/c1-6-16-8-10-17(11-9-16)12-21-19(20-7-2)22-13-18-14(3)23-24(5)15(18)4;/h16-17H,6-13H2,1-5H3,(H2,20,21,22);1H. The molecule has 6 heteroatoms. The molecular weight excluding hydrogens is 425 g/mol. The number of nitrogens with one attached hydrogen (secondary N) is 2. The third-order valence-corrected chi connectivity index (χ3v) is 5.50. The Morgan fingerprint density at radius 1 is 1.12 bits per heavy atom. The minimum Gasteiger partial charge on any atom is -0.357 e. The van der Waals surface area contributed by atoms with Crippen molar-refractivity contribution in [2.75, 3.05) is 13.1 Å². The van der Waals surface area contributed by atoms with Crippen LogP contribution in [0.4, 0.5) is 0 Å². The van der Waals surface area contributed by atoms with Crippen molar-refractivity contribution >= 4 is 29.9 Å². The van der Waals surface area contributed by atoms with Crippen molar-refractivity contribution in [1.82, 2.24) is 20.4 Å². The molecule has 2 rings (SSSR count). The van der Waals surface area contributed by atoms with E-state index in [4.69, 9.17) is 4.99 Å². The number of hydrogen-bond donors (Lipinski definition) is 2. The Kier molecular flexibility index (Phi) is 9.82. The van der Waals surface area contributed by atoms with Gasteiger partial charge in [0, 0.05) is 31.4 Å². The van der Waals surface area contributed by atoms with E-state index >= 15 is 0 Å². The number of guanidine groups is 1. The first-order chi connectivity index (χ1) is 11.5. The fraction of sp³-hybridized carbons (Fsp3) is 0.789. The molecule has 1 aliphatic rings. The van der Waals surface area contributed by atoms with E-state index in [1.54, 1.807) is 0 Å². The second-order valence-electron chi connectivity index (χ2n) is 7.14. The molecule has 1 fully saturated rings. The van der Waals surface area contributed by atoms with E-state index in [9.17, 15) is 0 Å². The molecule has 0 unspecified atom stereocenters. The molecule has 1 aliphatic carbocycles. The highest BCUT2D eigenvalue weighted by Crippen LogP contribution is 2.30. The van der Waals surface area contributed by atoms with Gasteiger partial charge in [-0.3, -0.25) is 4.68 Å². The molecule has 0 aliphatic heterocycles. The summed E-state index contributed by atoms with van der Waals surface area (Å²) in [5.74, 6) is 2.68. The number of aryl methyl sites for hydroxylation is 2. The summed E-state index contributed by atoms with van der Waals surface area (Å²) in [5, 5.41) is 11.4. The van der Waals surface area contributed by atoms with Crippen molar-refractivity contribution in [3.05, 3.63) is 17.0 Å². The fourth-order valence-electron chi connectivity index (χ4n) is 3.63. The molecule has 1 aromatic rings. The molecule has 144 valence electrons. The van der Waals surface area contributed by atoms with Gasteiger partial charge in [0.05, 0.1) is 12.2 Å². The van der Waals surface area contributed by atoms with E-state index < -0.39 is 0 Å². The number of nitrogens with zero attached hydrogens (tertiary/aromatic N) is 3. The maximum atomic E-state index is 4.78. The molecule has 5 nitrogen and oxygen atoms in total. The van der Waals surface area contributed by atoms with E-state index in [1.165, 1.54) is 43.4 Å². The van der Waals surface area contributed by atoms with Crippen LogP contribution in [-0.2, 0) is 13.6 Å². The minimum atomic E-state index is 0. The van der Waals surface area contributed by atoms with E-state index in [-0.39, 0.29) is 24.0 Å². The lowest BCUT2D eigenvalue weighted by molar-refractivity contribution is 0.269. The Morgan fingerprint density at radius 2 is 1.76 bits per heavy atom. The van der Waals surface area contributed by atoms with Gasteiger partial charge in [-0.15, -0.1) is 24.0 Å². The van der Waals surface area contributed by atoms with Crippen LogP contribution in [0.15, 0.2) is 4.99 Å². The maximum absolute atomic E-state index is 4.78. The maximum Gasteiger partial charge on any atom is 0.191 e. The van der Waals surface area contributed by atoms with Crippen LogP contribution in [0.25, 0.3) is 0 Å². The molecular formula is C19H36IN5. The SMILES string of the molecule is CCNC(=NCc1c(C)nn(C)c1C)NCC1CCC(CC)CC1.I. The van der Waals surface area contributed by atoms with Gasteiger partial charge in [0.25, 0.3) is 0 Å². The highest BCUT2D eigenvalue weighted by atomic mass is 127. The summed E-state index contributed by atoms with van der Waals surface area (Å²) in [6.45, 7) is 11.2. The van der Waals surface area contributed by atoms with Gasteiger partial charge in [-0.05, 0) is 45.4 Å². The third kappa shape index (κ3) is 6.46. The van der Waals surface area contributed by atoms with E-state index in [0.29, 0.717) is 6.54 Å². The van der Waals surface area contributed by atoms with Crippen molar-refractivity contribution in [3.63, 3.8) is 0 Å². The van der Waals surface area contributed by atoms with Gasteiger partial charge < -0.3 is 10.6 Å². The molecule has 0 saturated heterocycles. The summed E-state index contributed by atoms with van der Waals surface area (Å²) in [4.78, 5) is 4.78. The molecule has 0 aromatic carbocycles. The zero-order valence-electron chi connectivity index (χ0n) is 16.6. The van der Waals surface area contributed by atoms with Gasteiger partial charge in [-0.1, -0.05) is 26.2 Å². The quantitative estimate of drug-likeness (QED) is 0.384. The Balaban J connectivity index is 0.00000312. The van der Waals surface area contributed by atoms with E-state index in [1.807, 2.05) is 11.7 Å². The lowest BCUT2D eigenvalue weighted by atomic mass is 9.81. The first-order valence-electron chi connectivity index (χ1n) is 9.56. The Bertz CT molecular complexity index is 544. The molecule has 25 heavy (non-hydrogen) atoms. The summed E-state index contributed by atoms with van der Waals surface area (Å²) >= 11 is 0. The van der Waals surface area contributed by atoms with Gasteiger partial charge in [0.15, 0.2) is 5.96 Å². The second kappa shape index (κ2) is 11.0. The van der Waals surface area contributed by atoms with Crippen LogP contribution in [0.3, 0.4) is 0 Å². The number of rotatable bonds is 6. The summed E-state index contributed by atoms with van der Waals surface area (Å²) in [5.41, 5.74) is 3.51. The van der Waals surface area contributed by atoms with Gasteiger partial charge in [-0.2, -0.15) is 5.10 Å². The third-order valence-electron chi connectivity index (χ3n) is 5.50. The molecule has 0 atom stereocenters. The molecule has 0 spiro atoms. The summed E-state index contributed by atoms with van der Waals surface area (Å²) < 4.78 is 1.94. The second-order valence-corrected chi connectivity index (χ2v) is 7.14. The highest BCUT2D eigenvalue weighted by Gasteiger charge is 2.20. The summed E-state index contributed by atoms with van der Waals surface area (Å²) in [7, 11) is 1.99. The lowest BCUT2D eigenvalue weighted by Gasteiger charge is -2.28. The van der Waals surface area contributed by atoms with Crippen LogP contribution in [0.2, 0.25) is 0 Å². The number of hydrogen-bond acceptors (Lipinski definition) is 2. The largest absolute Gasteiger partial charge is 0.357 e. The average molecular weight is 461 g/mol. The normalized spacial score (nSPS) is 20.9. The summed E-state index contributed by atoms with van der Waals surface area (Å²) in [6.07, 6.45) is 6.83. The first kappa shape index (κ1) is 22.3. The number of aliphatic imine (C=N–C) groups is 1. The highest BCUT2D eigenvalue weighted by molar-refractivity contribution is 14.0. The fourth-order valence-corrected chi connectivity index (χ4v) is 3.63. The average Bonchev–Trinajstić information content (AvgIpc) is 2.83. The van der Waals surface area contributed by atoms with Crippen LogP contribution in [0.5, 0.6) is 0 Å². The van der Waals surface area contributed by atoms with Crippen LogP contribution >= 0.6 is 24.0 Å². The number of aromatic nitrogens is 2. The van der Waals surface area contributed by atoms with Gasteiger partial charge >= 0.3 is 0 Å². The smallest absolute Gasteiger partial charge is 0.191 e. The van der Waals surface area contributed by atoms with Crippen LogP contribution in [-0.4, -0.2) is 28.8 Å². The van der Waals surface area contributed by atoms with Crippen molar-refractivity contribution in [2.45, 2.75) is 66.3 Å². The predicted octanol–water partition coefficient (Wildman–Crippen LogP) is 3.93. The molecule has 2 N–H and O–H groups in total. The Hall–Kier alpha value is -0.790. The monoisotopic (exact) mass is 461 g/mol. The zero-order valence-corrected chi connectivity index (χ0v) is 18.9. The zero-order chi connectivity index (χ0) is 17.5. The topological polar surface area (TPSA) is 54.2 Å². The van der Waals surface area contributed by atoms with Crippen molar-refractivity contribution in [3.8, 4) is 0 Å². The molecule has 1 heterocycles. The van der Waals surface area contributed by atoms with Crippen LogP contribution in [0, 0.1) is 25.7 Å². The van der Waals surface area contributed by atoms with Gasteiger partial charge in [0.2, 0.25) is 0 Å². The van der Waals surface area contributed by atoms with Gasteiger partial charge in [0.1, 0.15) is 0 Å². The molecule has 0 bridgehead atoms. The van der Waals surface area contributed by atoms with Gasteiger partial charge in [-0.25, -0.2) is 4.99 Å². The molecule has 1 aromatic heterocycles. The van der Waals surface area contributed by atoms with Crippen molar-refractivity contribution in [2.24, 2.45) is 23.9 Å². The molecule has 0 amide bonds. The lowest BCUT2D eigenvalue weighted by Crippen LogP contribution is -2.40. The molecule has 1 saturated carbocycles. The number of halogens is 1. The minimum absolute atomic E-state index is 0. The predicted molar refractivity (Wildman–Crippen MR) is 117 cm³/mol. The van der Waals surface area contributed by atoms with Crippen LogP contribution in [0.1, 0.15) is 62.9 Å². The van der Waals surface area contributed by atoms with Crippen LogP contribution < -0.4 is 10.6 Å².